The van der Waals surface area contributed by atoms with Crippen LogP contribution in [0.25, 0.3) is 0 Å². The Bertz CT molecular complexity index is 297. The minimum Gasteiger partial charge on any atom is -0.329 e. The van der Waals surface area contributed by atoms with E-state index in [1.54, 1.807) is 0 Å². The van der Waals surface area contributed by atoms with Crippen molar-refractivity contribution >= 4 is 0 Å². The molecule has 1 aromatic carbocycles. The van der Waals surface area contributed by atoms with Crippen LogP contribution in [0.4, 0.5) is 0 Å². The fraction of sp³-hybridized carbons (Fsp3) is 0.600. The van der Waals surface area contributed by atoms with Gasteiger partial charge < -0.3 is 5.73 Å². The lowest BCUT2D eigenvalue weighted by Gasteiger charge is -2.32. The van der Waals surface area contributed by atoms with Crippen LogP contribution < -0.4 is 5.73 Å². The number of likely N-dealkylation sites (N-methyl/N-ethyl adjacent to an activating group) is 1. The Morgan fingerprint density at radius 2 is 1.88 bits per heavy atom. The average Bonchev–Trinajstić information content (AvgIpc) is 2.36. The zero-order valence-corrected chi connectivity index (χ0v) is 11.4. The second-order valence-electron chi connectivity index (χ2n) is 4.88. The number of hydrogen-bond donors (Lipinski definition) is 1. The molecule has 0 fully saturated rings. The van der Waals surface area contributed by atoms with Crippen molar-refractivity contribution in [3.8, 4) is 0 Å². The summed E-state index contributed by atoms with van der Waals surface area (Å²) < 4.78 is 0. The summed E-state index contributed by atoms with van der Waals surface area (Å²) in [6.45, 7) is 5.25. The molecule has 0 saturated heterocycles. The summed E-state index contributed by atoms with van der Waals surface area (Å²) in [5, 5.41) is 0. The molecule has 0 aliphatic rings. The average molecular weight is 234 g/mol. The summed E-state index contributed by atoms with van der Waals surface area (Å²) in [5.41, 5.74) is 7.29. The van der Waals surface area contributed by atoms with E-state index in [-0.39, 0.29) is 0 Å². The van der Waals surface area contributed by atoms with Crippen LogP contribution in [0.1, 0.15) is 32.3 Å². The molecular formula is C15H26N2. The van der Waals surface area contributed by atoms with Crippen LogP contribution in [-0.4, -0.2) is 30.6 Å². The first-order chi connectivity index (χ1) is 8.19. The maximum atomic E-state index is 5.91. The first kappa shape index (κ1) is 14.2. The van der Waals surface area contributed by atoms with Gasteiger partial charge in [-0.2, -0.15) is 0 Å². The number of benzene rings is 1. The number of nitrogens with zero attached hydrogens (tertiary/aromatic N) is 1. The Labute approximate surface area is 106 Å². The topological polar surface area (TPSA) is 29.3 Å². The summed E-state index contributed by atoms with van der Waals surface area (Å²) in [6, 6.07) is 11.7. The molecule has 0 aliphatic carbocycles. The molecule has 0 heterocycles. The molecule has 2 nitrogen and oxygen atoms in total. The standard InChI is InChI=1S/C15H26N2/c1-4-8-13(2)17(3)15(12-16)11-14-9-6-5-7-10-14/h5-7,9-10,13,15H,4,8,11-12,16H2,1-3H3. The lowest BCUT2D eigenvalue weighted by molar-refractivity contribution is 0.177. The predicted molar refractivity (Wildman–Crippen MR) is 75.1 cm³/mol. The Kier molecular flexibility index (Phi) is 6.23. The van der Waals surface area contributed by atoms with Gasteiger partial charge in [0.15, 0.2) is 0 Å². The van der Waals surface area contributed by atoms with E-state index in [4.69, 9.17) is 5.73 Å². The van der Waals surface area contributed by atoms with Crippen molar-refractivity contribution in [3.05, 3.63) is 35.9 Å². The van der Waals surface area contributed by atoms with Crippen molar-refractivity contribution in [1.82, 2.24) is 4.90 Å². The third-order valence-corrected chi connectivity index (χ3v) is 3.56. The summed E-state index contributed by atoms with van der Waals surface area (Å²) in [5.74, 6) is 0. The predicted octanol–water partition coefficient (Wildman–Crippen LogP) is 2.68. The molecule has 0 bridgehead atoms. The van der Waals surface area contributed by atoms with Gasteiger partial charge in [-0.25, -0.2) is 0 Å². The molecule has 0 saturated carbocycles. The van der Waals surface area contributed by atoms with Crippen LogP contribution in [0.2, 0.25) is 0 Å². The van der Waals surface area contributed by atoms with Gasteiger partial charge in [-0.1, -0.05) is 43.7 Å². The summed E-state index contributed by atoms with van der Waals surface area (Å²) in [7, 11) is 2.20. The third kappa shape index (κ3) is 4.49. The van der Waals surface area contributed by atoms with Crippen LogP contribution in [0.5, 0.6) is 0 Å². The highest BCUT2D eigenvalue weighted by atomic mass is 15.2. The van der Waals surface area contributed by atoms with Gasteiger partial charge in [-0.15, -0.1) is 0 Å². The minimum absolute atomic E-state index is 0.443. The third-order valence-electron chi connectivity index (χ3n) is 3.56. The molecule has 96 valence electrons. The van der Waals surface area contributed by atoms with E-state index in [9.17, 15) is 0 Å². The van der Waals surface area contributed by atoms with Gasteiger partial charge in [0.05, 0.1) is 0 Å². The Morgan fingerprint density at radius 3 is 2.41 bits per heavy atom. The molecular weight excluding hydrogens is 208 g/mol. The highest BCUT2D eigenvalue weighted by Crippen LogP contribution is 2.12. The Balaban J connectivity index is 2.59. The van der Waals surface area contributed by atoms with Gasteiger partial charge in [0.1, 0.15) is 0 Å². The van der Waals surface area contributed by atoms with E-state index < -0.39 is 0 Å². The van der Waals surface area contributed by atoms with Crippen molar-refractivity contribution in [2.24, 2.45) is 5.73 Å². The smallest absolute Gasteiger partial charge is 0.0258 e. The van der Waals surface area contributed by atoms with Crippen molar-refractivity contribution in [2.75, 3.05) is 13.6 Å². The SMILES string of the molecule is CCCC(C)N(C)C(CN)Cc1ccccc1. The van der Waals surface area contributed by atoms with E-state index in [1.165, 1.54) is 18.4 Å². The van der Waals surface area contributed by atoms with Gasteiger partial charge in [0, 0.05) is 18.6 Å². The molecule has 2 unspecified atom stereocenters. The van der Waals surface area contributed by atoms with Gasteiger partial charge >= 0.3 is 0 Å². The van der Waals surface area contributed by atoms with Gasteiger partial charge in [0.25, 0.3) is 0 Å². The molecule has 0 spiro atoms. The molecule has 0 radical (unpaired) electrons. The molecule has 0 aromatic heterocycles. The zero-order valence-electron chi connectivity index (χ0n) is 11.4. The summed E-state index contributed by atoms with van der Waals surface area (Å²) in [6.07, 6.45) is 3.51. The molecule has 1 rings (SSSR count). The van der Waals surface area contributed by atoms with Crippen molar-refractivity contribution < 1.29 is 0 Å². The molecule has 0 aliphatic heterocycles. The van der Waals surface area contributed by atoms with Crippen LogP contribution in [0.15, 0.2) is 30.3 Å². The largest absolute Gasteiger partial charge is 0.329 e. The molecule has 1 aromatic rings. The van der Waals surface area contributed by atoms with E-state index in [0.717, 1.165) is 13.0 Å². The fourth-order valence-electron chi connectivity index (χ4n) is 2.26. The summed E-state index contributed by atoms with van der Waals surface area (Å²) >= 11 is 0. The Morgan fingerprint density at radius 1 is 1.24 bits per heavy atom. The van der Waals surface area contributed by atoms with E-state index in [2.05, 4.69) is 56.1 Å². The van der Waals surface area contributed by atoms with Crippen LogP contribution in [-0.2, 0) is 6.42 Å². The van der Waals surface area contributed by atoms with Crippen molar-refractivity contribution in [2.45, 2.75) is 45.2 Å². The zero-order chi connectivity index (χ0) is 12.7. The number of nitrogens with two attached hydrogens (primary N) is 1. The van der Waals surface area contributed by atoms with Gasteiger partial charge in [-0.3, -0.25) is 4.90 Å². The maximum Gasteiger partial charge on any atom is 0.0258 e. The number of hydrogen-bond acceptors (Lipinski definition) is 2. The van der Waals surface area contributed by atoms with Crippen molar-refractivity contribution in [1.29, 1.82) is 0 Å². The maximum absolute atomic E-state index is 5.91. The lowest BCUT2D eigenvalue weighted by Crippen LogP contribution is -2.44. The first-order valence-electron chi connectivity index (χ1n) is 6.65. The Hall–Kier alpha value is -0.860. The van der Waals surface area contributed by atoms with Crippen molar-refractivity contribution in [3.63, 3.8) is 0 Å². The minimum atomic E-state index is 0.443. The van der Waals surface area contributed by atoms with E-state index >= 15 is 0 Å². The van der Waals surface area contributed by atoms with Gasteiger partial charge in [0.2, 0.25) is 0 Å². The normalized spacial score (nSPS) is 14.9. The fourth-order valence-corrected chi connectivity index (χ4v) is 2.26. The second-order valence-corrected chi connectivity index (χ2v) is 4.88. The van der Waals surface area contributed by atoms with Crippen LogP contribution in [0, 0.1) is 0 Å². The number of rotatable bonds is 7. The highest BCUT2D eigenvalue weighted by Gasteiger charge is 2.18. The lowest BCUT2D eigenvalue weighted by atomic mass is 10.0. The molecule has 2 N–H and O–H groups in total. The quantitative estimate of drug-likeness (QED) is 0.786. The first-order valence-corrected chi connectivity index (χ1v) is 6.65. The van der Waals surface area contributed by atoms with Gasteiger partial charge in [-0.05, 0) is 32.4 Å². The molecule has 0 amide bonds. The highest BCUT2D eigenvalue weighted by molar-refractivity contribution is 5.16. The molecule has 17 heavy (non-hydrogen) atoms. The van der Waals surface area contributed by atoms with E-state index in [0.29, 0.717) is 12.1 Å². The second kappa shape index (κ2) is 7.46. The molecule has 2 atom stereocenters. The van der Waals surface area contributed by atoms with Crippen LogP contribution in [0.3, 0.4) is 0 Å². The van der Waals surface area contributed by atoms with E-state index in [1.807, 2.05) is 0 Å². The summed E-state index contributed by atoms with van der Waals surface area (Å²) in [4.78, 5) is 2.43. The van der Waals surface area contributed by atoms with Crippen LogP contribution >= 0.6 is 0 Å². The molecule has 2 heteroatoms. The monoisotopic (exact) mass is 234 g/mol.